The number of hydrogen-bond donors (Lipinski definition) is 2. The van der Waals surface area contributed by atoms with E-state index in [0.29, 0.717) is 23.6 Å². The first-order valence-electron chi connectivity index (χ1n) is 6.86. The van der Waals surface area contributed by atoms with Gasteiger partial charge in [0.15, 0.2) is 0 Å². The molecule has 1 aromatic heterocycles. The number of nitrogens with zero attached hydrogens (tertiary/aromatic N) is 1. The molecule has 0 fully saturated rings. The predicted octanol–water partition coefficient (Wildman–Crippen LogP) is 2.03. The summed E-state index contributed by atoms with van der Waals surface area (Å²) in [6, 6.07) is 5.63. The van der Waals surface area contributed by atoms with Gasteiger partial charge >= 0.3 is 0 Å². The van der Waals surface area contributed by atoms with E-state index in [1.54, 1.807) is 13.8 Å². The van der Waals surface area contributed by atoms with Gasteiger partial charge in [-0.15, -0.1) is 0 Å². The van der Waals surface area contributed by atoms with Gasteiger partial charge in [0, 0.05) is 24.3 Å². The molecule has 21 heavy (non-hydrogen) atoms. The molecular formula is C15H17N3O3. The zero-order valence-corrected chi connectivity index (χ0v) is 12.0. The van der Waals surface area contributed by atoms with Crippen LogP contribution >= 0.6 is 0 Å². The number of rotatable bonds is 2. The van der Waals surface area contributed by atoms with Crippen molar-refractivity contribution < 1.29 is 14.1 Å². The summed E-state index contributed by atoms with van der Waals surface area (Å²) in [4.78, 5) is 12.3. The highest BCUT2D eigenvalue weighted by atomic mass is 16.5. The summed E-state index contributed by atoms with van der Waals surface area (Å²) in [7, 11) is 0. The van der Waals surface area contributed by atoms with Crippen molar-refractivity contribution >= 4 is 11.6 Å². The summed E-state index contributed by atoms with van der Waals surface area (Å²) in [6.07, 6.45) is 0. The lowest BCUT2D eigenvalue weighted by Gasteiger charge is -2.10. The van der Waals surface area contributed by atoms with Crippen molar-refractivity contribution in [1.82, 2.24) is 10.5 Å². The van der Waals surface area contributed by atoms with Gasteiger partial charge in [-0.25, -0.2) is 0 Å². The monoisotopic (exact) mass is 287 g/mol. The van der Waals surface area contributed by atoms with Crippen LogP contribution in [0.25, 0.3) is 0 Å². The molecule has 2 heterocycles. The largest absolute Gasteiger partial charge is 0.492 e. The maximum absolute atomic E-state index is 12.3. The van der Waals surface area contributed by atoms with Crippen LogP contribution in [0, 0.1) is 13.8 Å². The first kappa shape index (κ1) is 13.6. The van der Waals surface area contributed by atoms with Gasteiger partial charge in [0.2, 0.25) is 0 Å². The third-order valence-corrected chi connectivity index (χ3v) is 3.43. The van der Waals surface area contributed by atoms with Gasteiger partial charge in [0.05, 0.1) is 5.69 Å². The molecule has 6 heteroatoms. The van der Waals surface area contributed by atoms with E-state index in [4.69, 9.17) is 9.26 Å². The van der Waals surface area contributed by atoms with E-state index in [9.17, 15) is 4.79 Å². The van der Waals surface area contributed by atoms with Crippen molar-refractivity contribution in [2.45, 2.75) is 20.4 Å². The van der Waals surface area contributed by atoms with Gasteiger partial charge in [-0.3, -0.25) is 4.79 Å². The molecule has 2 N–H and O–H groups in total. The van der Waals surface area contributed by atoms with Crippen LogP contribution in [0.4, 0.5) is 5.69 Å². The molecule has 0 unspecified atom stereocenters. The molecule has 0 saturated carbocycles. The summed E-state index contributed by atoms with van der Waals surface area (Å²) in [5.41, 5.74) is 2.83. The third kappa shape index (κ3) is 2.75. The SMILES string of the molecule is Cc1noc(C)c1C(=O)Nc1ccc2c(c1)CNCCO2. The van der Waals surface area contributed by atoms with Crippen molar-refractivity contribution in [2.24, 2.45) is 0 Å². The Morgan fingerprint density at radius 1 is 1.38 bits per heavy atom. The third-order valence-electron chi connectivity index (χ3n) is 3.43. The number of nitrogens with one attached hydrogen (secondary N) is 2. The molecule has 0 aliphatic carbocycles. The second-order valence-electron chi connectivity index (χ2n) is 5.00. The number of benzene rings is 1. The summed E-state index contributed by atoms with van der Waals surface area (Å²) < 4.78 is 10.6. The molecule has 0 radical (unpaired) electrons. The summed E-state index contributed by atoms with van der Waals surface area (Å²) in [5, 5.41) is 9.94. The zero-order chi connectivity index (χ0) is 14.8. The number of hydrogen-bond acceptors (Lipinski definition) is 5. The number of aryl methyl sites for hydroxylation is 2. The predicted molar refractivity (Wildman–Crippen MR) is 77.6 cm³/mol. The lowest BCUT2D eigenvalue weighted by Crippen LogP contribution is -2.16. The second kappa shape index (κ2) is 5.57. The maximum atomic E-state index is 12.3. The number of carbonyl (C=O) groups is 1. The van der Waals surface area contributed by atoms with Gasteiger partial charge in [0.25, 0.3) is 5.91 Å². The Labute approximate surface area is 122 Å². The fourth-order valence-electron chi connectivity index (χ4n) is 2.39. The van der Waals surface area contributed by atoms with Crippen molar-refractivity contribution in [1.29, 1.82) is 0 Å². The Hall–Kier alpha value is -2.34. The molecule has 0 bridgehead atoms. The minimum Gasteiger partial charge on any atom is -0.492 e. The van der Waals surface area contributed by atoms with Gasteiger partial charge < -0.3 is 19.9 Å². The zero-order valence-electron chi connectivity index (χ0n) is 12.0. The molecule has 2 aromatic rings. The molecular weight excluding hydrogens is 270 g/mol. The highest BCUT2D eigenvalue weighted by Gasteiger charge is 2.18. The van der Waals surface area contributed by atoms with E-state index in [1.165, 1.54) is 0 Å². The molecule has 0 saturated heterocycles. The van der Waals surface area contributed by atoms with E-state index in [-0.39, 0.29) is 5.91 Å². The van der Waals surface area contributed by atoms with Crippen LogP contribution in [-0.2, 0) is 6.54 Å². The minimum atomic E-state index is -0.214. The van der Waals surface area contributed by atoms with Crippen LogP contribution in [0.5, 0.6) is 5.75 Å². The average molecular weight is 287 g/mol. The first-order valence-corrected chi connectivity index (χ1v) is 6.86. The van der Waals surface area contributed by atoms with E-state index in [1.807, 2.05) is 18.2 Å². The van der Waals surface area contributed by atoms with Crippen LogP contribution < -0.4 is 15.4 Å². The summed E-state index contributed by atoms with van der Waals surface area (Å²) in [5.74, 6) is 1.16. The van der Waals surface area contributed by atoms with Crippen LogP contribution in [0.1, 0.15) is 27.4 Å². The normalized spacial score (nSPS) is 14.0. The fraction of sp³-hybridized carbons (Fsp3) is 0.333. The molecule has 3 rings (SSSR count). The van der Waals surface area contributed by atoms with Gasteiger partial charge in [-0.2, -0.15) is 0 Å². The van der Waals surface area contributed by atoms with E-state index < -0.39 is 0 Å². The van der Waals surface area contributed by atoms with E-state index in [0.717, 1.165) is 30.1 Å². The summed E-state index contributed by atoms with van der Waals surface area (Å²) in [6.45, 7) is 5.67. The van der Waals surface area contributed by atoms with E-state index >= 15 is 0 Å². The van der Waals surface area contributed by atoms with Gasteiger partial charge in [0.1, 0.15) is 23.7 Å². The molecule has 0 atom stereocenters. The van der Waals surface area contributed by atoms with E-state index in [2.05, 4.69) is 15.8 Å². The Balaban J connectivity index is 1.82. The van der Waals surface area contributed by atoms with Crippen LogP contribution in [-0.4, -0.2) is 24.2 Å². The standard InChI is InChI=1S/C15H17N3O3/c1-9-14(10(2)21-18-9)15(19)17-12-3-4-13-11(7-12)8-16-5-6-20-13/h3-4,7,16H,5-6,8H2,1-2H3,(H,17,19). The quantitative estimate of drug-likeness (QED) is 0.883. The lowest BCUT2D eigenvalue weighted by atomic mass is 10.1. The Kier molecular flexibility index (Phi) is 3.62. The van der Waals surface area contributed by atoms with Crippen molar-refractivity contribution in [3.05, 3.63) is 40.8 Å². The smallest absolute Gasteiger partial charge is 0.261 e. The second-order valence-corrected chi connectivity index (χ2v) is 5.00. The molecule has 1 amide bonds. The lowest BCUT2D eigenvalue weighted by molar-refractivity contribution is 0.102. The average Bonchev–Trinajstić information content (AvgIpc) is 2.67. The molecule has 110 valence electrons. The first-order chi connectivity index (χ1) is 10.1. The highest BCUT2D eigenvalue weighted by molar-refractivity contribution is 6.05. The van der Waals surface area contributed by atoms with Crippen molar-refractivity contribution in [3.8, 4) is 5.75 Å². The molecule has 1 aliphatic rings. The van der Waals surface area contributed by atoms with Crippen molar-refractivity contribution in [3.63, 3.8) is 0 Å². The number of carbonyl (C=O) groups excluding carboxylic acids is 1. The molecule has 1 aromatic carbocycles. The van der Waals surface area contributed by atoms with Crippen LogP contribution in [0.2, 0.25) is 0 Å². The Bertz CT molecular complexity index is 659. The molecule has 1 aliphatic heterocycles. The fourth-order valence-corrected chi connectivity index (χ4v) is 2.39. The summed E-state index contributed by atoms with van der Waals surface area (Å²) >= 11 is 0. The Morgan fingerprint density at radius 3 is 3.00 bits per heavy atom. The topological polar surface area (TPSA) is 76.4 Å². The Morgan fingerprint density at radius 2 is 2.24 bits per heavy atom. The van der Waals surface area contributed by atoms with Crippen LogP contribution in [0.15, 0.2) is 22.7 Å². The van der Waals surface area contributed by atoms with Gasteiger partial charge in [-0.1, -0.05) is 5.16 Å². The number of ether oxygens (including phenoxy) is 1. The van der Waals surface area contributed by atoms with Crippen LogP contribution in [0.3, 0.4) is 0 Å². The minimum absolute atomic E-state index is 0.214. The number of amides is 1. The number of anilines is 1. The maximum Gasteiger partial charge on any atom is 0.261 e. The van der Waals surface area contributed by atoms with Crippen molar-refractivity contribution in [2.75, 3.05) is 18.5 Å². The number of fused-ring (bicyclic) bond motifs is 1. The molecule has 6 nitrogen and oxygen atoms in total. The van der Waals surface area contributed by atoms with Gasteiger partial charge in [-0.05, 0) is 32.0 Å². The highest BCUT2D eigenvalue weighted by Crippen LogP contribution is 2.25. The number of aromatic nitrogens is 1. The molecule has 0 spiro atoms.